The lowest BCUT2D eigenvalue weighted by molar-refractivity contribution is -0.120. The molecule has 2 aromatic heterocycles. The van der Waals surface area contributed by atoms with Crippen LogP contribution in [0.15, 0.2) is 54.9 Å². The number of halogens is 1. The molecule has 0 bridgehead atoms. The molecule has 0 radical (unpaired) electrons. The number of fused-ring (bicyclic) bond motifs is 1. The molecule has 1 amide bonds. The number of thiazole rings is 1. The summed E-state index contributed by atoms with van der Waals surface area (Å²) in [5.41, 5.74) is 3.05. The number of primary sulfonamides is 1. The number of hydrogen-bond acceptors (Lipinski definition) is 7. The van der Waals surface area contributed by atoms with Crippen LogP contribution in [-0.4, -0.2) is 51.9 Å². The van der Waals surface area contributed by atoms with Crippen LogP contribution in [0, 0.1) is 5.82 Å². The summed E-state index contributed by atoms with van der Waals surface area (Å²) < 4.78 is 50.1. The van der Waals surface area contributed by atoms with Gasteiger partial charge in [0.2, 0.25) is 15.9 Å². The average Bonchev–Trinajstić information content (AvgIpc) is 3.40. The molecule has 9 nitrogen and oxygen atoms in total. The zero-order chi connectivity index (χ0) is 24.5. The summed E-state index contributed by atoms with van der Waals surface area (Å²) in [6, 6.07) is 11.5. The van der Waals surface area contributed by atoms with E-state index in [1.165, 1.54) is 29.7 Å². The zero-order valence-electron chi connectivity index (χ0n) is 17.8. The van der Waals surface area contributed by atoms with E-state index >= 15 is 0 Å². The van der Waals surface area contributed by atoms with Crippen LogP contribution in [0.3, 0.4) is 0 Å². The van der Waals surface area contributed by atoms with Crippen molar-refractivity contribution in [2.24, 2.45) is 5.14 Å². The van der Waals surface area contributed by atoms with Crippen LogP contribution >= 0.6 is 11.3 Å². The summed E-state index contributed by atoms with van der Waals surface area (Å²) in [7, 11) is -5.31. The van der Waals surface area contributed by atoms with Crippen molar-refractivity contribution in [1.82, 2.24) is 20.1 Å². The summed E-state index contributed by atoms with van der Waals surface area (Å²) in [6.45, 7) is -0.182. The van der Waals surface area contributed by atoms with Crippen molar-refractivity contribution in [3.05, 3.63) is 65.7 Å². The zero-order valence-corrected chi connectivity index (χ0v) is 20.3. The molecule has 178 valence electrons. The van der Waals surface area contributed by atoms with Crippen molar-refractivity contribution in [1.29, 1.82) is 0 Å². The molecule has 0 saturated carbocycles. The molecule has 0 aliphatic heterocycles. The number of nitrogens with one attached hydrogen (secondary N) is 1. The Bertz CT molecular complexity index is 1480. The van der Waals surface area contributed by atoms with E-state index in [0.29, 0.717) is 10.5 Å². The number of nitrogens with two attached hydrogens (primary N) is 1. The molecule has 34 heavy (non-hydrogen) atoms. The van der Waals surface area contributed by atoms with Gasteiger partial charge in [-0.25, -0.2) is 27.6 Å². The molecule has 0 spiro atoms. The Morgan fingerprint density at radius 1 is 1.24 bits per heavy atom. The van der Waals surface area contributed by atoms with Crippen molar-refractivity contribution in [2.45, 2.75) is 5.25 Å². The van der Waals surface area contributed by atoms with Crippen LogP contribution < -0.4 is 10.5 Å². The van der Waals surface area contributed by atoms with Gasteiger partial charge in [-0.2, -0.15) is 5.10 Å². The number of carbonyl (C=O) groups excluding carboxylic acids is 1. The van der Waals surface area contributed by atoms with Crippen LogP contribution in [0.1, 0.15) is 10.3 Å². The number of benzene rings is 2. The summed E-state index contributed by atoms with van der Waals surface area (Å²) in [6.07, 6.45) is 4.90. The van der Waals surface area contributed by atoms with Crippen LogP contribution in [0.5, 0.6) is 0 Å². The predicted octanol–water partition coefficient (Wildman–Crippen LogP) is 2.11. The van der Waals surface area contributed by atoms with Gasteiger partial charge in [0, 0.05) is 35.4 Å². The second-order valence-corrected chi connectivity index (χ2v) is 11.7. The first-order chi connectivity index (χ1) is 16.1. The summed E-state index contributed by atoms with van der Waals surface area (Å²) in [5, 5.41) is 11.1. The first kappa shape index (κ1) is 24.1. The molecule has 0 fully saturated rings. The van der Waals surface area contributed by atoms with Gasteiger partial charge < -0.3 is 5.32 Å². The van der Waals surface area contributed by atoms with Gasteiger partial charge in [-0.3, -0.25) is 9.00 Å². The molecule has 2 heterocycles. The topological polar surface area (TPSA) is 137 Å². The smallest absolute Gasteiger partial charge is 0.242 e. The second-order valence-electron chi connectivity index (χ2n) is 7.42. The fourth-order valence-corrected chi connectivity index (χ4v) is 5.90. The number of amides is 1. The summed E-state index contributed by atoms with van der Waals surface area (Å²) in [4.78, 5) is 17.1. The second kappa shape index (κ2) is 9.70. The summed E-state index contributed by atoms with van der Waals surface area (Å²) in [5.74, 6) is -1.33. The highest BCUT2D eigenvalue weighted by molar-refractivity contribution is 7.89. The van der Waals surface area contributed by atoms with Crippen molar-refractivity contribution in [3.8, 4) is 16.8 Å². The molecule has 2 unspecified atom stereocenters. The third kappa shape index (κ3) is 5.55. The molecule has 2 atom stereocenters. The molecule has 0 aliphatic carbocycles. The number of nitrogens with zero attached hydrogens (tertiary/aromatic N) is 3. The van der Waals surface area contributed by atoms with Gasteiger partial charge in [0.15, 0.2) is 5.25 Å². The van der Waals surface area contributed by atoms with E-state index in [0.717, 1.165) is 21.5 Å². The number of aromatic nitrogens is 3. The van der Waals surface area contributed by atoms with E-state index in [2.05, 4.69) is 15.4 Å². The Hall–Kier alpha value is -3.00. The Balaban J connectivity index is 1.58. The monoisotopic (exact) mass is 521 g/mol. The molecule has 3 N–H and O–H groups in total. The van der Waals surface area contributed by atoms with Crippen LogP contribution in [0.25, 0.3) is 27.0 Å². The highest BCUT2D eigenvalue weighted by atomic mass is 32.2. The Kier molecular flexibility index (Phi) is 6.89. The highest BCUT2D eigenvalue weighted by Gasteiger charge is 2.28. The van der Waals surface area contributed by atoms with Crippen molar-refractivity contribution in [2.75, 3.05) is 18.6 Å². The molecular formula is C21H20FN5O4S3. The van der Waals surface area contributed by atoms with Crippen molar-refractivity contribution in [3.63, 3.8) is 0 Å². The Morgan fingerprint density at radius 3 is 2.65 bits per heavy atom. The maximum absolute atomic E-state index is 13.2. The maximum atomic E-state index is 13.2. The highest BCUT2D eigenvalue weighted by Crippen LogP contribution is 2.32. The van der Waals surface area contributed by atoms with Gasteiger partial charge in [-0.05, 0) is 42.0 Å². The van der Waals surface area contributed by atoms with Crippen LogP contribution in [-0.2, 0) is 25.6 Å². The van der Waals surface area contributed by atoms with Crippen LogP contribution in [0.2, 0.25) is 0 Å². The van der Waals surface area contributed by atoms with Crippen molar-refractivity contribution < 1.29 is 21.8 Å². The van der Waals surface area contributed by atoms with E-state index in [1.807, 2.05) is 18.3 Å². The number of hydrogen-bond donors (Lipinski definition) is 2. The average molecular weight is 522 g/mol. The summed E-state index contributed by atoms with van der Waals surface area (Å²) >= 11 is 1.24. The largest absolute Gasteiger partial charge is 0.354 e. The fourth-order valence-electron chi connectivity index (χ4n) is 3.26. The quantitative estimate of drug-likeness (QED) is 0.364. The van der Waals surface area contributed by atoms with E-state index in [9.17, 15) is 21.8 Å². The third-order valence-corrected chi connectivity index (χ3v) is 8.00. The van der Waals surface area contributed by atoms with Gasteiger partial charge in [0.1, 0.15) is 10.8 Å². The number of carbonyl (C=O) groups is 1. The first-order valence-electron chi connectivity index (χ1n) is 9.92. The minimum Gasteiger partial charge on any atom is -0.354 e. The van der Waals surface area contributed by atoms with Gasteiger partial charge >= 0.3 is 0 Å². The Labute approximate surface area is 201 Å². The molecule has 4 aromatic rings. The van der Waals surface area contributed by atoms with E-state index in [-0.39, 0.29) is 12.4 Å². The molecule has 0 saturated heterocycles. The van der Waals surface area contributed by atoms with E-state index in [4.69, 9.17) is 5.14 Å². The molecular weight excluding hydrogens is 501 g/mol. The molecule has 4 rings (SSSR count). The fraction of sp³-hybridized carbons (Fsp3) is 0.190. The molecule has 13 heteroatoms. The first-order valence-corrected chi connectivity index (χ1v) is 14.1. The van der Waals surface area contributed by atoms with Gasteiger partial charge in [0.25, 0.3) is 0 Å². The van der Waals surface area contributed by atoms with E-state index < -0.39 is 37.7 Å². The normalized spacial score (nSPS) is 13.6. The number of rotatable bonds is 8. The maximum Gasteiger partial charge on any atom is 0.242 e. The minimum atomic E-state index is -3.73. The lowest BCUT2D eigenvalue weighted by Gasteiger charge is -2.11. The van der Waals surface area contributed by atoms with Crippen LogP contribution in [0.4, 0.5) is 4.39 Å². The standard InChI is InChI=1S/C21H20FN5O4S3/c1-33(29)19(20(28)24-8-9-34(23,30)31)21-26-17-7-2-13(10-18(17)32-21)14-11-25-27(12-14)16-5-3-15(22)4-6-16/h2-7,10-12,19H,8-9H2,1H3,(H,24,28)(H2,23,30,31). The van der Waals surface area contributed by atoms with Gasteiger partial charge in [-0.15, -0.1) is 11.3 Å². The van der Waals surface area contributed by atoms with E-state index in [1.54, 1.807) is 29.1 Å². The Morgan fingerprint density at radius 2 is 1.97 bits per heavy atom. The lowest BCUT2D eigenvalue weighted by atomic mass is 10.1. The van der Waals surface area contributed by atoms with Crippen molar-refractivity contribution >= 4 is 48.3 Å². The minimum absolute atomic E-state index is 0.182. The van der Waals surface area contributed by atoms with Gasteiger partial charge in [0.05, 0.1) is 27.9 Å². The lowest BCUT2D eigenvalue weighted by Crippen LogP contribution is -2.35. The predicted molar refractivity (Wildman–Crippen MR) is 130 cm³/mol. The SMILES string of the molecule is CS(=O)C(C(=O)NCCS(N)(=O)=O)c1nc2ccc(-c3cnn(-c4ccc(F)cc4)c3)cc2s1. The van der Waals surface area contributed by atoms with Gasteiger partial charge in [-0.1, -0.05) is 6.07 Å². The number of sulfonamides is 1. The molecule has 0 aliphatic rings. The third-order valence-electron chi connectivity index (χ3n) is 4.89. The molecule has 2 aromatic carbocycles.